The SMILES string of the molecule is C[C@@H]1CCC[C@H](ON)O1. The molecule has 9 heavy (non-hydrogen) atoms. The van der Waals surface area contributed by atoms with Crippen LogP contribution in [0.25, 0.3) is 0 Å². The summed E-state index contributed by atoms with van der Waals surface area (Å²) in [5.41, 5.74) is 0. The van der Waals surface area contributed by atoms with Gasteiger partial charge >= 0.3 is 0 Å². The number of ether oxygens (including phenoxy) is 1. The minimum atomic E-state index is -0.159. The average Bonchev–Trinajstić information content (AvgIpc) is 1.88. The first-order chi connectivity index (χ1) is 4.33. The first-order valence-electron chi connectivity index (χ1n) is 3.34. The second-order valence-corrected chi connectivity index (χ2v) is 2.44. The maximum atomic E-state index is 5.29. The molecule has 0 radical (unpaired) electrons. The average molecular weight is 131 g/mol. The van der Waals surface area contributed by atoms with Gasteiger partial charge in [-0.05, 0) is 19.8 Å². The first-order valence-corrected chi connectivity index (χ1v) is 3.34. The summed E-state index contributed by atoms with van der Waals surface area (Å²) < 4.78 is 5.29. The normalized spacial score (nSPS) is 36.7. The molecule has 1 aliphatic rings. The van der Waals surface area contributed by atoms with Gasteiger partial charge in [0.2, 0.25) is 0 Å². The molecule has 1 fully saturated rings. The van der Waals surface area contributed by atoms with Gasteiger partial charge in [0.05, 0.1) is 6.10 Å². The van der Waals surface area contributed by atoms with E-state index in [1.807, 2.05) is 6.92 Å². The van der Waals surface area contributed by atoms with Crippen molar-refractivity contribution >= 4 is 0 Å². The number of hydrogen-bond donors (Lipinski definition) is 1. The van der Waals surface area contributed by atoms with Gasteiger partial charge in [-0.3, -0.25) is 4.84 Å². The molecular formula is C6H13NO2. The highest BCUT2D eigenvalue weighted by Crippen LogP contribution is 2.17. The van der Waals surface area contributed by atoms with Crippen LogP contribution in [0, 0.1) is 0 Å². The summed E-state index contributed by atoms with van der Waals surface area (Å²) in [6.45, 7) is 2.03. The van der Waals surface area contributed by atoms with Gasteiger partial charge in [-0.1, -0.05) is 0 Å². The highest BCUT2D eigenvalue weighted by atomic mass is 16.8. The zero-order chi connectivity index (χ0) is 6.69. The van der Waals surface area contributed by atoms with Crippen molar-refractivity contribution in [2.24, 2.45) is 5.90 Å². The summed E-state index contributed by atoms with van der Waals surface area (Å²) in [6.07, 6.45) is 3.37. The fraction of sp³-hybridized carbons (Fsp3) is 1.00. The molecule has 0 aromatic rings. The number of nitrogens with two attached hydrogens (primary N) is 1. The number of rotatable bonds is 1. The Morgan fingerprint density at radius 1 is 1.56 bits per heavy atom. The van der Waals surface area contributed by atoms with E-state index in [2.05, 4.69) is 4.84 Å². The van der Waals surface area contributed by atoms with Gasteiger partial charge in [-0.25, -0.2) is 5.90 Å². The standard InChI is InChI=1S/C6H13NO2/c1-5-3-2-4-6(8-5)9-7/h5-6H,2-4,7H2,1H3/t5-,6+/m1/s1. The van der Waals surface area contributed by atoms with Gasteiger partial charge in [0.15, 0.2) is 6.29 Å². The van der Waals surface area contributed by atoms with Crippen molar-refractivity contribution in [3.05, 3.63) is 0 Å². The Labute approximate surface area is 55.1 Å². The van der Waals surface area contributed by atoms with E-state index in [0.29, 0.717) is 6.10 Å². The Kier molecular flexibility index (Phi) is 2.45. The van der Waals surface area contributed by atoms with Gasteiger partial charge in [0.1, 0.15) is 0 Å². The molecule has 0 saturated carbocycles. The molecule has 0 aromatic heterocycles. The molecule has 1 saturated heterocycles. The molecule has 3 nitrogen and oxygen atoms in total. The zero-order valence-corrected chi connectivity index (χ0v) is 5.67. The molecule has 1 aliphatic heterocycles. The largest absolute Gasteiger partial charge is 0.348 e. The molecule has 1 heterocycles. The molecule has 0 bridgehead atoms. The molecule has 0 spiro atoms. The van der Waals surface area contributed by atoms with E-state index >= 15 is 0 Å². The molecule has 0 aliphatic carbocycles. The van der Waals surface area contributed by atoms with Crippen LogP contribution in [0.1, 0.15) is 26.2 Å². The second kappa shape index (κ2) is 3.15. The Morgan fingerprint density at radius 3 is 2.78 bits per heavy atom. The van der Waals surface area contributed by atoms with E-state index in [4.69, 9.17) is 10.6 Å². The van der Waals surface area contributed by atoms with Gasteiger partial charge < -0.3 is 4.74 Å². The van der Waals surface area contributed by atoms with Crippen LogP contribution < -0.4 is 5.90 Å². The molecule has 3 heteroatoms. The summed E-state index contributed by atoms with van der Waals surface area (Å²) in [5, 5.41) is 0. The topological polar surface area (TPSA) is 44.5 Å². The summed E-state index contributed by atoms with van der Waals surface area (Å²) >= 11 is 0. The Balaban J connectivity index is 2.23. The second-order valence-electron chi connectivity index (χ2n) is 2.44. The van der Waals surface area contributed by atoms with Crippen molar-refractivity contribution in [1.29, 1.82) is 0 Å². The monoisotopic (exact) mass is 131 g/mol. The maximum absolute atomic E-state index is 5.29. The van der Waals surface area contributed by atoms with Crippen LogP contribution in [0.15, 0.2) is 0 Å². The molecule has 0 aromatic carbocycles. The summed E-state index contributed by atoms with van der Waals surface area (Å²) in [7, 11) is 0. The van der Waals surface area contributed by atoms with Crippen molar-refractivity contribution in [3.8, 4) is 0 Å². The van der Waals surface area contributed by atoms with Crippen LogP contribution >= 0.6 is 0 Å². The van der Waals surface area contributed by atoms with Crippen LogP contribution in [0.4, 0.5) is 0 Å². The Hall–Kier alpha value is -0.120. The van der Waals surface area contributed by atoms with E-state index in [1.54, 1.807) is 0 Å². The summed E-state index contributed by atoms with van der Waals surface area (Å²) in [4.78, 5) is 4.54. The van der Waals surface area contributed by atoms with E-state index in [9.17, 15) is 0 Å². The lowest BCUT2D eigenvalue weighted by Crippen LogP contribution is -2.29. The van der Waals surface area contributed by atoms with Crippen molar-refractivity contribution < 1.29 is 9.57 Å². The lowest BCUT2D eigenvalue weighted by atomic mass is 10.1. The van der Waals surface area contributed by atoms with Crippen molar-refractivity contribution in [2.45, 2.75) is 38.6 Å². The Morgan fingerprint density at radius 2 is 2.33 bits per heavy atom. The molecule has 0 amide bonds. The van der Waals surface area contributed by atoms with Gasteiger partial charge in [0.25, 0.3) is 0 Å². The van der Waals surface area contributed by atoms with E-state index in [-0.39, 0.29) is 6.29 Å². The molecule has 54 valence electrons. The van der Waals surface area contributed by atoms with Crippen molar-refractivity contribution in [3.63, 3.8) is 0 Å². The smallest absolute Gasteiger partial charge is 0.177 e. The molecular weight excluding hydrogens is 118 g/mol. The fourth-order valence-corrected chi connectivity index (χ4v) is 1.07. The maximum Gasteiger partial charge on any atom is 0.177 e. The van der Waals surface area contributed by atoms with Gasteiger partial charge in [0, 0.05) is 6.42 Å². The van der Waals surface area contributed by atoms with E-state index in [1.165, 1.54) is 0 Å². The predicted octanol–water partition coefficient (Wildman–Crippen LogP) is 0.792. The van der Waals surface area contributed by atoms with E-state index in [0.717, 1.165) is 19.3 Å². The first kappa shape index (κ1) is 6.99. The highest BCUT2D eigenvalue weighted by Gasteiger charge is 2.18. The fourth-order valence-electron chi connectivity index (χ4n) is 1.07. The minimum absolute atomic E-state index is 0.159. The number of hydrogen-bond acceptors (Lipinski definition) is 3. The van der Waals surface area contributed by atoms with Gasteiger partial charge in [-0.15, -0.1) is 0 Å². The van der Waals surface area contributed by atoms with Crippen LogP contribution in [0.2, 0.25) is 0 Å². The third-order valence-corrected chi connectivity index (χ3v) is 1.59. The Bertz CT molecular complexity index is 87.1. The van der Waals surface area contributed by atoms with Crippen LogP contribution in [-0.4, -0.2) is 12.4 Å². The van der Waals surface area contributed by atoms with Crippen molar-refractivity contribution in [2.75, 3.05) is 0 Å². The molecule has 2 atom stereocenters. The van der Waals surface area contributed by atoms with Crippen LogP contribution in [0.5, 0.6) is 0 Å². The third kappa shape index (κ3) is 1.93. The highest BCUT2D eigenvalue weighted by molar-refractivity contribution is 4.60. The van der Waals surface area contributed by atoms with E-state index < -0.39 is 0 Å². The van der Waals surface area contributed by atoms with Crippen molar-refractivity contribution in [1.82, 2.24) is 0 Å². The lowest BCUT2D eigenvalue weighted by Gasteiger charge is -2.25. The van der Waals surface area contributed by atoms with Gasteiger partial charge in [-0.2, -0.15) is 0 Å². The summed E-state index contributed by atoms with van der Waals surface area (Å²) in [6, 6.07) is 0. The molecule has 1 rings (SSSR count). The minimum Gasteiger partial charge on any atom is -0.348 e. The molecule has 0 unspecified atom stereocenters. The third-order valence-electron chi connectivity index (χ3n) is 1.59. The predicted molar refractivity (Wildman–Crippen MR) is 33.5 cm³/mol. The van der Waals surface area contributed by atoms with Crippen LogP contribution in [-0.2, 0) is 9.57 Å². The lowest BCUT2D eigenvalue weighted by molar-refractivity contribution is -0.191. The summed E-state index contributed by atoms with van der Waals surface area (Å²) in [5.74, 6) is 4.94. The molecule has 2 N–H and O–H groups in total. The zero-order valence-electron chi connectivity index (χ0n) is 5.67. The quantitative estimate of drug-likeness (QED) is 0.535. The van der Waals surface area contributed by atoms with Crippen LogP contribution in [0.3, 0.4) is 0 Å².